The van der Waals surface area contributed by atoms with Gasteiger partial charge in [0.1, 0.15) is 12.6 Å². The van der Waals surface area contributed by atoms with Crippen molar-refractivity contribution >= 4 is 11.9 Å². The van der Waals surface area contributed by atoms with Crippen LogP contribution in [0.2, 0.25) is 0 Å². The van der Waals surface area contributed by atoms with Crippen molar-refractivity contribution in [2.24, 2.45) is 23.2 Å². The Morgan fingerprint density at radius 2 is 1.96 bits per heavy atom. The normalized spacial score (nSPS) is 36.7. The minimum absolute atomic E-state index is 0.0455. The van der Waals surface area contributed by atoms with Crippen LogP contribution < -0.4 is 0 Å². The lowest BCUT2D eigenvalue weighted by Crippen LogP contribution is -2.57. The lowest BCUT2D eigenvalue weighted by molar-refractivity contribution is -0.187. The summed E-state index contributed by atoms with van der Waals surface area (Å²) in [5.41, 5.74) is 0.404. The van der Waals surface area contributed by atoms with Crippen LogP contribution in [-0.2, 0) is 14.3 Å². The Morgan fingerprint density at radius 3 is 2.65 bits per heavy atom. The van der Waals surface area contributed by atoms with Crippen LogP contribution in [-0.4, -0.2) is 36.0 Å². The van der Waals surface area contributed by atoms with Crippen LogP contribution in [0.25, 0.3) is 0 Å². The molecule has 3 saturated carbocycles. The van der Waals surface area contributed by atoms with Gasteiger partial charge in [-0.25, -0.2) is 0 Å². The van der Waals surface area contributed by atoms with E-state index in [4.69, 9.17) is 4.74 Å². The molecule has 1 amide bonds. The van der Waals surface area contributed by atoms with Crippen molar-refractivity contribution in [1.29, 1.82) is 0 Å². The molecule has 0 aromatic heterocycles. The molecule has 0 radical (unpaired) electrons. The molecule has 0 aromatic rings. The number of esters is 1. The first-order valence-corrected chi connectivity index (χ1v) is 9.37. The van der Waals surface area contributed by atoms with Gasteiger partial charge < -0.3 is 9.64 Å². The summed E-state index contributed by atoms with van der Waals surface area (Å²) >= 11 is 0. The molecule has 4 heteroatoms. The maximum Gasteiger partial charge on any atom is 0.325 e. The Kier molecular flexibility index (Phi) is 4.70. The number of rotatable bonds is 3. The summed E-state index contributed by atoms with van der Waals surface area (Å²) in [5, 5.41) is 0. The van der Waals surface area contributed by atoms with Crippen LogP contribution in [0.4, 0.5) is 0 Å². The highest BCUT2D eigenvalue weighted by Crippen LogP contribution is 2.61. The van der Waals surface area contributed by atoms with E-state index in [0.29, 0.717) is 36.1 Å². The average molecular weight is 321 g/mol. The maximum absolute atomic E-state index is 12.3. The second-order valence-electron chi connectivity index (χ2n) is 8.46. The first-order valence-electron chi connectivity index (χ1n) is 9.37. The van der Waals surface area contributed by atoms with Crippen LogP contribution in [0, 0.1) is 23.2 Å². The SMILES string of the molecule is CC1C(OC(=O)CN2CCCCCCC2=O)CC2CC1C2(C)C. The first-order chi connectivity index (χ1) is 10.9. The molecule has 3 aliphatic carbocycles. The van der Waals surface area contributed by atoms with Gasteiger partial charge in [0, 0.05) is 13.0 Å². The highest BCUT2D eigenvalue weighted by atomic mass is 16.5. The van der Waals surface area contributed by atoms with Crippen molar-refractivity contribution < 1.29 is 14.3 Å². The highest BCUT2D eigenvalue weighted by molar-refractivity contribution is 5.82. The number of carbonyl (C=O) groups is 2. The maximum atomic E-state index is 12.3. The summed E-state index contributed by atoms with van der Waals surface area (Å²) in [6.07, 6.45) is 7.12. The van der Waals surface area contributed by atoms with Crippen molar-refractivity contribution in [3.63, 3.8) is 0 Å². The van der Waals surface area contributed by atoms with Crippen LogP contribution in [0.3, 0.4) is 0 Å². The van der Waals surface area contributed by atoms with E-state index in [-0.39, 0.29) is 24.5 Å². The molecular weight excluding hydrogens is 290 g/mol. The molecule has 23 heavy (non-hydrogen) atoms. The zero-order chi connectivity index (χ0) is 16.6. The van der Waals surface area contributed by atoms with Gasteiger partial charge >= 0.3 is 5.97 Å². The van der Waals surface area contributed by atoms with Gasteiger partial charge in [-0.3, -0.25) is 9.59 Å². The Hall–Kier alpha value is -1.06. The third kappa shape index (κ3) is 3.27. The van der Waals surface area contributed by atoms with E-state index in [2.05, 4.69) is 20.8 Å². The van der Waals surface area contributed by atoms with Gasteiger partial charge in [-0.2, -0.15) is 0 Å². The molecule has 2 bridgehead atoms. The molecule has 0 N–H and O–H groups in total. The smallest absolute Gasteiger partial charge is 0.325 e. The zero-order valence-corrected chi connectivity index (χ0v) is 14.8. The fraction of sp³-hybridized carbons (Fsp3) is 0.895. The van der Waals surface area contributed by atoms with E-state index in [0.717, 1.165) is 32.1 Å². The fourth-order valence-corrected chi connectivity index (χ4v) is 5.00. The summed E-state index contributed by atoms with van der Waals surface area (Å²) in [6.45, 7) is 7.76. The lowest BCUT2D eigenvalue weighted by atomic mass is 9.45. The summed E-state index contributed by atoms with van der Waals surface area (Å²) in [7, 11) is 0. The van der Waals surface area contributed by atoms with E-state index < -0.39 is 0 Å². The third-order valence-corrected chi connectivity index (χ3v) is 6.81. The Morgan fingerprint density at radius 1 is 1.22 bits per heavy atom. The van der Waals surface area contributed by atoms with E-state index in [1.807, 2.05) is 0 Å². The molecule has 1 saturated heterocycles. The summed E-state index contributed by atoms with van der Waals surface area (Å²) in [6, 6.07) is 0. The number of nitrogens with zero attached hydrogens (tertiary/aromatic N) is 1. The molecule has 1 heterocycles. The number of ether oxygens (including phenoxy) is 1. The van der Waals surface area contributed by atoms with Crippen LogP contribution >= 0.6 is 0 Å². The van der Waals surface area contributed by atoms with Gasteiger partial charge in [0.2, 0.25) is 5.91 Å². The molecule has 130 valence electrons. The van der Waals surface area contributed by atoms with E-state index >= 15 is 0 Å². The monoisotopic (exact) mass is 321 g/mol. The first kappa shape index (κ1) is 16.8. The third-order valence-electron chi connectivity index (χ3n) is 6.81. The van der Waals surface area contributed by atoms with Crippen molar-refractivity contribution in [3.05, 3.63) is 0 Å². The van der Waals surface area contributed by atoms with Crippen molar-refractivity contribution in [2.45, 2.75) is 71.8 Å². The fourth-order valence-electron chi connectivity index (χ4n) is 5.00. The molecule has 1 aliphatic heterocycles. The largest absolute Gasteiger partial charge is 0.461 e. The summed E-state index contributed by atoms with van der Waals surface area (Å²) in [4.78, 5) is 26.2. The predicted molar refractivity (Wildman–Crippen MR) is 88.7 cm³/mol. The number of hydrogen-bond acceptors (Lipinski definition) is 3. The van der Waals surface area contributed by atoms with Crippen LogP contribution in [0.15, 0.2) is 0 Å². The predicted octanol–water partition coefficient (Wildman–Crippen LogP) is 3.39. The Bertz CT molecular complexity index is 473. The molecule has 4 unspecified atom stereocenters. The van der Waals surface area contributed by atoms with Gasteiger partial charge in [0.25, 0.3) is 0 Å². The number of amides is 1. The van der Waals surface area contributed by atoms with Crippen LogP contribution in [0.5, 0.6) is 0 Å². The zero-order valence-electron chi connectivity index (χ0n) is 14.8. The molecule has 0 spiro atoms. The lowest BCUT2D eigenvalue weighted by Gasteiger charge is -2.61. The minimum atomic E-state index is -0.213. The Labute approximate surface area is 139 Å². The van der Waals surface area contributed by atoms with Gasteiger partial charge in [0.15, 0.2) is 0 Å². The average Bonchev–Trinajstić information content (AvgIpc) is 2.48. The van der Waals surface area contributed by atoms with E-state index in [1.54, 1.807) is 4.90 Å². The highest BCUT2D eigenvalue weighted by Gasteiger charge is 2.57. The molecule has 4 atom stereocenters. The Balaban J connectivity index is 1.52. The number of likely N-dealkylation sites (tertiary alicyclic amines) is 1. The van der Waals surface area contributed by atoms with Crippen molar-refractivity contribution in [1.82, 2.24) is 4.90 Å². The van der Waals surface area contributed by atoms with Crippen LogP contribution in [0.1, 0.15) is 65.7 Å². The van der Waals surface area contributed by atoms with Gasteiger partial charge in [0.05, 0.1) is 0 Å². The second-order valence-corrected chi connectivity index (χ2v) is 8.46. The number of hydrogen-bond donors (Lipinski definition) is 0. The summed E-state index contributed by atoms with van der Waals surface area (Å²) in [5.74, 6) is 1.69. The van der Waals surface area contributed by atoms with Gasteiger partial charge in [-0.1, -0.05) is 33.6 Å². The molecular formula is C19H31NO3. The van der Waals surface area contributed by atoms with E-state index in [9.17, 15) is 9.59 Å². The number of fused-ring (bicyclic) bond motifs is 2. The minimum Gasteiger partial charge on any atom is -0.461 e. The topological polar surface area (TPSA) is 46.6 Å². The molecule has 4 fully saturated rings. The van der Waals surface area contributed by atoms with Crippen molar-refractivity contribution in [3.8, 4) is 0 Å². The van der Waals surface area contributed by atoms with E-state index in [1.165, 1.54) is 6.42 Å². The standard InChI is InChI=1S/C19H31NO3/c1-13-15-10-14(19(15,2)3)11-16(13)23-18(22)12-20-9-7-5-4-6-8-17(20)21/h13-16H,4-12H2,1-3H3. The summed E-state index contributed by atoms with van der Waals surface area (Å²) < 4.78 is 5.79. The van der Waals surface area contributed by atoms with Gasteiger partial charge in [-0.15, -0.1) is 0 Å². The molecule has 4 nitrogen and oxygen atoms in total. The molecule has 0 aromatic carbocycles. The van der Waals surface area contributed by atoms with Crippen molar-refractivity contribution in [2.75, 3.05) is 13.1 Å². The second kappa shape index (κ2) is 6.45. The quantitative estimate of drug-likeness (QED) is 0.749. The molecule has 4 aliphatic rings. The molecule has 4 rings (SSSR count). The van der Waals surface area contributed by atoms with Gasteiger partial charge in [-0.05, 0) is 48.9 Å². The number of carbonyl (C=O) groups excluding carboxylic acids is 2.